The predicted molar refractivity (Wildman–Crippen MR) is 84.9 cm³/mol. The van der Waals surface area contributed by atoms with Gasteiger partial charge in [-0.05, 0) is 43.8 Å². The molecule has 0 aliphatic rings. The van der Waals surface area contributed by atoms with Gasteiger partial charge in [-0.2, -0.15) is 0 Å². The Kier molecular flexibility index (Phi) is 5.45. The highest BCUT2D eigenvalue weighted by molar-refractivity contribution is 6.31. The molecule has 0 aromatic heterocycles. The van der Waals surface area contributed by atoms with Crippen LogP contribution in [0.4, 0.5) is 4.39 Å². The van der Waals surface area contributed by atoms with E-state index in [1.54, 1.807) is 38.4 Å². The maximum atomic E-state index is 14.0. The molecule has 0 saturated heterocycles. The summed E-state index contributed by atoms with van der Waals surface area (Å²) in [5, 5.41) is 4.17. The summed E-state index contributed by atoms with van der Waals surface area (Å²) in [5.41, 5.74) is 1.34. The smallest absolute Gasteiger partial charge is 0.127 e. The first-order valence-electron chi connectivity index (χ1n) is 6.50. The first kappa shape index (κ1) is 16.1. The van der Waals surface area contributed by atoms with E-state index in [1.807, 2.05) is 6.07 Å². The summed E-state index contributed by atoms with van der Waals surface area (Å²) in [4.78, 5) is 0. The molecule has 0 bridgehead atoms. The van der Waals surface area contributed by atoms with E-state index in [9.17, 15) is 4.39 Å². The van der Waals surface area contributed by atoms with E-state index in [-0.39, 0.29) is 11.9 Å². The highest BCUT2D eigenvalue weighted by Crippen LogP contribution is 2.32. The van der Waals surface area contributed by atoms with Gasteiger partial charge in [0.2, 0.25) is 0 Å². The summed E-state index contributed by atoms with van der Waals surface area (Å²) >= 11 is 12.2. The predicted octanol–water partition coefficient (Wildman–Crippen LogP) is 4.64. The molecule has 0 heterocycles. The van der Waals surface area contributed by atoms with Crippen molar-refractivity contribution in [1.82, 2.24) is 5.32 Å². The minimum absolute atomic E-state index is 0.159. The second-order valence-corrected chi connectivity index (χ2v) is 5.48. The monoisotopic (exact) mass is 327 g/mol. The highest BCUT2D eigenvalue weighted by Gasteiger charge is 2.19. The standard InChI is InChI=1S/C16H16Cl2FNO/c1-20-15(9-11-13(18)4-3-5-14(11)19)12-8-10(17)6-7-16(12)21-2/h3-8,15,20H,9H2,1-2H3. The lowest BCUT2D eigenvalue weighted by Crippen LogP contribution is -2.20. The number of ether oxygens (including phenoxy) is 1. The van der Waals surface area contributed by atoms with Gasteiger partial charge in [-0.15, -0.1) is 0 Å². The Balaban J connectivity index is 2.39. The van der Waals surface area contributed by atoms with E-state index in [4.69, 9.17) is 27.9 Å². The zero-order valence-corrected chi connectivity index (χ0v) is 13.3. The highest BCUT2D eigenvalue weighted by atomic mass is 35.5. The van der Waals surface area contributed by atoms with Crippen molar-refractivity contribution >= 4 is 23.2 Å². The maximum absolute atomic E-state index is 14.0. The van der Waals surface area contributed by atoms with Crippen molar-refractivity contribution in [2.75, 3.05) is 14.2 Å². The topological polar surface area (TPSA) is 21.3 Å². The van der Waals surface area contributed by atoms with Gasteiger partial charge in [0.1, 0.15) is 11.6 Å². The molecule has 0 fully saturated rings. The van der Waals surface area contributed by atoms with Crippen LogP contribution in [0.15, 0.2) is 36.4 Å². The van der Waals surface area contributed by atoms with E-state index in [0.717, 1.165) is 5.56 Å². The third-order valence-electron chi connectivity index (χ3n) is 3.39. The van der Waals surface area contributed by atoms with Crippen LogP contribution >= 0.6 is 23.2 Å². The van der Waals surface area contributed by atoms with Crippen molar-refractivity contribution in [2.45, 2.75) is 12.5 Å². The SMILES string of the molecule is CNC(Cc1c(F)cccc1Cl)c1cc(Cl)ccc1OC. The molecule has 5 heteroatoms. The van der Waals surface area contributed by atoms with Gasteiger partial charge in [-0.25, -0.2) is 4.39 Å². The van der Waals surface area contributed by atoms with Crippen molar-refractivity contribution in [3.8, 4) is 5.75 Å². The zero-order valence-electron chi connectivity index (χ0n) is 11.8. The van der Waals surface area contributed by atoms with E-state index in [0.29, 0.717) is 27.8 Å². The minimum atomic E-state index is -0.316. The molecule has 0 saturated carbocycles. The van der Waals surface area contributed by atoms with E-state index >= 15 is 0 Å². The summed E-state index contributed by atoms with van der Waals surface area (Å²) in [6.07, 6.45) is 0.401. The normalized spacial score (nSPS) is 12.2. The fourth-order valence-electron chi connectivity index (χ4n) is 2.28. The van der Waals surface area contributed by atoms with E-state index in [1.165, 1.54) is 6.07 Å². The molecule has 0 aliphatic heterocycles. The first-order chi connectivity index (χ1) is 10.1. The van der Waals surface area contributed by atoms with Gasteiger partial charge < -0.3 is 10.1 Å². The number of halogens is 3. The van der Waals surface area contributed by atoms with Crippen LogP contribution in [0.2, 0.25) is 10.0 Å². The van der Waals surface area contributed by atoms with Crippen molar-refractivity contribution in [2.24, 2.45) is 0 Å². The Morgan fingerprint density at radius 3 is 2.62 bits per heavy atom. The van der Waals surface area contributed by atoms with Crippen LogP contribution in [0, 0.1) is 5.82 Å². The first-order valence-corrected chi connectivity index (χ1v) is 7.26. The van der Waals surface area contributed by atoms with Gasteiger partial charge in [-0.3, -0.25) is 0 Å². The maximum Gasteiger partial charge on any atom is 0.127 e. The van der Waals surface area contributed by atoms with Crippen LogP contribution < -0.4 is 10.1 Å². The molecule has 0 amide bonds. The number of rotatable bonds is 5. The average molecular weight is 328 g/mol. The second kappa shape index (κ2) is 7.12. The second-order valence-electron chi connectivity index (χ2n) is 4.63. The summed E-state index contributed by atoms with van der Waals surface area (Å²) in [6, 6.07) is 9.89. The molecule has 1 N–H and O–H groups in total. The fourth-order valence-corrected chi connectivity index (χ4v) is 2.70. The number of nitrogens with one attached hydrogen (secondary N) is 1. The van der Waals surface area contributed by atoms with Crippen LogP contribution in [0.25, 0.3) is 0 Å². The number of benzene rings is 2. The lowest BCUT2D eigenvalue weighted by atomic mass is 9.97. The molecule has 1 atom stereocenters. The van der Waals surface area contributed by atoms with Gasteiger partial charge in [0.15, 0.2) is 0 Å². The van der Waals surface area contributed by atoms with Crippen LogP contribution in [0.3, 0.4) is 0 Å². The molecule has 0 spiro atoms. The Morgan fingerprint density at radius 2 is 2.00 bits per heavy atom. The largest absolute Gasteiger partial charge is 0.496 e. The third kappa shape index (κ3) is 3.67. The van der Waals surface area contributed by atoms with Crippen molar-refractivity contribution in [1.29, 1.82) is 0 Å². The van der Waals surface area contributed by atoms with E-state index in [2.05, 4.69) is 5.32 Å². The van der Waals surface area contributed by atoms with Crippen molar-refractivity contribution in [3.63, 3.8) is 0 Å². The minimum Gasteiger partial charge on any atom is -0.496 e. The summed E-state index contributed by atoms with van der Waals surface area (Å²) in [6.45, 7) is 0. The Morgan fingerprint density at radius 1 is 1.24 bits per heavy atom. The molecule has 2 aromatic rings. The third-order valence-corrected chi connectivity index (χ3v) is 3.97. The quantitative estimate of drug-likeness (QED) is 0.863. The van der Waals surface area contributed by atoms with Gasteiger partial charge in [-0.1, -0.05) is 29.3 Å². The summed E-state index contributed by atoms with van der Waals surface area (Å²) in [5.74, 6) is 0.384. The lowest BCUT2D eigenvalue weighted by molar-refractivity contribution is 0.400. The Bertz CT molecular complexity index is 613. The van der Waals surface area contributed by atoms with Crippen molar-refractivity contribution in [3.05, 3.63) is 63.4 Å². The van der Waals surface area contributed by atoms with Crippen LogP contribution in [0.1, 0.15) is 17.2 Å². The van der Waals surface area contributed by atoms with E-state index < -0.39 is 0 Å². The molecular formula is C16H16Cl2FNO. The van der Waals surface area contributed by atoms with Crippen LogP contribution in [0.5, 0.6) is 5.75 Å². The molecule has 2 nitrogen and oxygen atoms in total. The summed E-state index contributed by atoms with van der Waals surface area (Å²) < 4.78 is 19.3. The van der Waals surface area contributed by atoms with Crippen molar-refractivity contribution < 1.29 is 9.13 Å². The zero-order chi connectivity index (χ0) is 15.4. The molecule has 0 aliphatic carbocycles. The number of likely N-dealkylation sites (N-methyl/N-ethyl adjacent to an activating group) is 1. The van der Waals surface area contributed by atoms with Gasteiger partial charge in [0, 0.05) is 27.2 Å². The lowest BCUT2D eigenvalue weighted by Gasteiger charge is -2.20. The number of hydrogen-bond acceptors (Lipinski definition) is 2. The molecule has 1 unspecified atom stereocenters. The number of hydrogen-bond donors (Lipinski definition) is 1. The molecule has 2 aromatic carbocycles. The fraction of sp³-hybridized carbons (Fsp3) is 0.250. The molecule has 21 heavy (non-hydrogen) atoms. The van der Waals surface area contributed by atoms with Crippen LogP contribution in [-0.2, 0) is 6.42 Å². The average Bonchev–Trinajstić information content (AvgIpc) is 2.47. The Hall–Kier alpha value is -1.29. The Labute approximate surface area is 133 Å². The molecule has 112 valence electrons. The number of methoxy groups -OCH3 is 1. The summed E-state index contributed by atoms with van der Waals surface area (Å²) in [7, 11) is 3.40. The van der Waals surface area contributed by atoms with Gasteiger partial charge >= 0.3 is 0 Å². The van der Waals surface area contributed by atoms with Gasteiger partial charge in [0.05, 0.1) is 7.11 Å². The molecule has 0 radical (unpaired) electrons. The van der Waals surface area contributed by atoms with Crippen LogP contribution in [-0.4, -0.2) is 14.2 Å². The molecular weight excluding hydrogens is 312 g/mol. The molecule has 2 rings (SSSR count). The van der Waals surface area contributed by atoms with Gasteiger partial charge in [0.25, 0.3) is 0 Å².